The number of methoxy groups -OCH3 is 1. The summed E-state index contributed by atoms with van der Waals surface area (Å²) < 4.78 is 28.0. The van der Waals surface area contributed by atoms with Gasteiger partial charge in [0, 0.05) is 5.56 Å². The molecular formula is C18H17NO5S. The van der Waals surface area contributed by atoms with Crippen molar-refractivity contribution in [2.45, 2.75) is 11.9 Å². The first-order valence-corrected chi connectivity index (χ1v) is 8.78. The van der Waals surface area contributed by atoms with E-state index in [4.69, 9.17) is 19.4 Å². The van der Waals surface area contributed by atoms with E-state index in [9.17, 15) is 9.00 Å². The fourth-order valence-electron chi connectivity index (χ4n) is 2.41. The molecule has 7 heteroatoms. The quantitative estimate of drug-likeness (QED) is 0.852. The normalized spacial score (nSPS) is 18.0. The minimum atomic E-state index is -1.74. The number of rotatable bonds is 6. The van der Waals surface area contributed by atoms with Crippen molar-refractivity contribution in [1.82, 2.24) is 0 Å². The number of ketones is 1. The number of Topliss-reactive ketones (excluding diaryl/α,β-unsaturated/α-hetero) is 1. The second-order valence-corrected chi connectivity index (χ2v) is 6.41. The summed E-state index contributed by atoms with van der Waals surface area (Å²) >= 11 is -1.74. The van der Waals surface area contributed by atoms with Crippen LogP contribution in [0.25, 0.3) is 0 Å². The summed E-state index contributed by atoms with van der Waals surface area (Å²) in [5.41, 5.74) is 7.17. The zero-order chi connectivity index (χ0) is 17.8. The highest BCUT2D eigenvalue weighted by Gasteiger charge is 2.38. The molecule has 2 aromatic rings. The Hall–Kier alpha value is -2.80. The molecule has 2 N–H and O–H groups in total. The Kier molecular flexibility index (Phi) is 5.04. The van der Waals surface area contributed by atoms with Crippen LogP contribution in [-0.4, -0.2) is 17.1 Å². The number of benzene rings is 2. The molecule has 6 nitrogen and oxygen atoms in total. The lowest BCUT2D eigenvalue weighted by Gasteiger charge is -2.11. The molecule has 0 aliphatic carbocycles. The maximum Gasteiger partial charge on any atom is 0.249 e. The van der Waals surface area contributed by atoms with Crippen molar-refractivity contribution in [2.24, 2.45) is 5.73 Å². The van der Waals surface area contributed by atoms with E-state index >= 15 is 0 Å². The zero-order valence-corrected chi connectivity index (χ0v) is 14.3. The predicted molar refractivity (Wildman–Crippen MR) is 92.4 cm³/mol. The fourth-order valence-corrected chi connectivity index (χ4v) is 3.29. The third kappa shape index (κ3) is 3.83. The Balaban J connectivity index is 1.71. The first kappa shape index (κ1) is 17.0. The van der Waals surface area contributed by atoms with Crippen LogP contribution in [0.3, 0.4) is 0 Å². The zero-order valence-electron chi connectivity index (χ0n) is 13.5. The first-order valence-electron chi connectivity index (χ1n) is 7.53. The lowest BCUT2D eigenvalue weighted by molar-refractivity contribution is -0.123. The summed E-state index contributed by atoms with van der Waals surface area (Å²) in [7, 11) is 1.53. The summed E-state index contributed by atoms with van der Waals surface area (Å²) in [6.07, 6.45) is -0.932. The van der Waals surface area contributed by atoms with Gasteiger partial charge in [-0.15, -0.1) is 0 Å². The van der Waals surface area contributed by atoms with E-state index in [-0.39, 0.29) is 17.4 Å². The highest BCUT2D eigenvalue weighted by Crippen LogP contribution is 2.33. The van der Waals surface area contributed by atoms with E-state index in [1.54, 1.807) is 24.3 Å². The number of hydrogen-bond acceptors (Lipinski definition) is 6. The van der Waals surface area contributed by atoms with Crippen LogP contribution in [0.4, 0.5) is 0 Å². The molecule has 2 atom stereocenters. The van der Waals surface area contributed by atoms with E-state index in [0.717, 1.165) is 5.56 Å². The molecule has 1 heterocycles. The monoisotopic (exact) mass is 359 g/mol. The molecule has 25 heavy (non-hydrogen) atoms. The van der Waals surface area contributed by atoms with Crippen LogP contribution in [0.5, 0.6) is 5.75 Å². The van der Waals surface area contributed by atoms with Crippen LogP contribution in [0, 0.1) is 0 Å². The van der Waals surface area contributed by atoms with Crippen LogP contribution in [0.15, 0.2) is 66.2 Å². The maximum absolute atomic E-state index is 12.5. The van der Waals surface area contributed by atoms with E-state index in [2.05, 4.69) is 0 Å². The Labute approximate surface area is 147 Å². The Morgan fingerprint density at radius 3 is 2.64 bits per heavy atom. The van der Waals surface area contributed by atoms with Gasteiger partial charge in [-0.3, -0.25) is 4.79 Å². The van der Waals surface area contributed by atoms with Gasteiger partial charge in [0.25, 0.3) is 0 Å². The minimum absolute atomic E-state index is 0.148. The summed E-state index contributed by atoms with van der Waals surface area (Å²) in [4.78, 5) is 12.5. The van der Waals surface area contributed by atoms with Crippen molar-refractivity contribution in [1.29, 1.82) is 0 Å². The molecule has 0 amide bonds. The SMILES string of the molecule is COc1cccc(C2OC(N)=C(OS(=O)Cc3ccccc3)C2=O)c1. The second kappa shape index (κ2) is 7.40. The van der Waals surface area contributed by atoms with Gasteiger partial charge >= 0.3 is 0 Å². The van der Waals surface area contributed by atoms with Gasteiger partial charge in [-0.25, -0.2) is 4.21 Å². The number of carbonyl (C=O) groups excluding carboxylic acids is 1. The Morgan fingerprint density at radius 1 is 1.16 bits per heavy atom. The molecule has 0 bridgehead atoms. The van der Waals surface area contributed by atoms with Gasteiger partial charge in [0.1, 0.15) is 5.75 Å². The second-order valence-electron chi connectivity index (χ2n) is 5.35. The molecule has 0 spiro atoms. The molecular weight excluding hydrogens is 342 g/mol. The molecule has 0 saturated carbocycles. The predicted octanol–water partition coefficient (Wildman–Crippen LogP) is 2.34. The van der Waals surface area contributed by atoms with Gasteiger partial charge in [-0.05, 0) is 17.7 Å². The van der Waals surface area contributed by atoms with E-state index < -0.39 is 23.0 Å². The smallest absolute Gasteiger partial charge is 0.249 e. The van der Waals surface area contributed by atoms with Gasteiger partial charge < -0.3 is 19.4 Å². The summed E-state index contributed by atoms with van der Waals surface area (Å²) in [6.45, 7) is 0. The third-order valence-corrected chi connectivity index (χ3v) is 4.55. The summed E-state index contributed by atoms with van der Waals surface area (Å²) in [5, 5.41) is 0. The molecule has 1 aliphatic heterocycles. The van der Waals surface area contributed by atoms with E-state index in [1.165, 1.54) is 7.11 Å². The topological polar surface area (TPSA) is 87.8 Å². The third-order valence-electron chi connectivity index (χ3n) is 3.63. The van der Waals surface area contributed by atoms with Crippen molar-refractivity contribution in [3.63, 3.8) is 0 Å². The van der Waals surface area contributed by atoms with Crippen molar-refractivity contribution in [3.8, 4) is 5.75 Å². The lowest BCUT2D eigenvalue weighted by atomic mass is 10.1. The molecule has 1 aliphatic rings. The molecule has 0 fully saturated rings. The van der Waals surface area contributed by atoms with Crippen LogP contribution in [0.2, 0.25) is 0 Å². The van der Waals surface area contributed by atoms with Crippen molar-refractivity contribution >= 4 is 16.9 Å². The van der Waals surface area contributed by atoms with Gasteiger partial charge in [0.05, 0.1) is 12.9 Å². The summed E-state index contributed by atoms with van der Waals surface area (Å²) in [6, 6.07) is 16.1. The van der Waals surface area contributed by atoms with Gasteiger partial charge in [-0.1, -0.05) is 42.5 Å². The maximum atomic E-state index is 12.5. The van der Waals surface area contributed by atoms with Crippen LogP contribution in [-0.2, 0) is 30.5 Å². The van der Waals surface area contributed by atoms with Gasteiger partial charge in [0.15, 0.2) is 6.10 Å². The lowest BCUT2D eigenvalue weighted by Crippen LogP contribution is -2.13. The molecule has 3 rings (SSSR count). The molecule has 0 saturated heterocycles. The Bertz CT molecular complexity index is 834. The fraction of sp³-hybridized carbons (Fsp3) is 0.167. The first-order chi connectivity index (χ1) is 12.1. The highest BCUT2D eigenvalue weighted by molar-refractivity contribution is 7.79. The minimum Gasteiger partial charge on any atom is -0.497 e. The average Bonchev–Trinajstić information content (AvgIpc) is 2.91. The molecule has 2 unspecified atom stereocenters. The molecule has 130 valence electrons. The van der Waals surface area contributed by atoms with Crippen LogP contribution in [0.1, 0.15) is 17.2 Å². The van der Waals surface area contributed by atoms with Crippen LogP contribution < -0.4 is 10.5 Å². The highest BCUT2D eigenvalue weighted by atomic mass is 32.2. The standard InChI is InChI=1S/C18H17NO5S/c1-22-14-9-5-8-13(10-14)16-15(20)17(18(19)23-16)24-25(21)11-12-6-3-2-4-7-12/h2-10,16H,11,19H2,1H3. The average molecular weight is 359 g/mol. The number of nitrogens with two attached hydrogens (primary N) is 1. The molecule has 0 radical (unpaired) electrons. The van der Waals surface area contributed by atoms with Crippen molar-refractivity contribution in [3.05, 3.63) is 77.4 Å². The van der Waals surface area contributed by atoms with Crippen molar-refractivity contribution in [2.75, 3.05) is 7.11 Å². The van der Waals surface area contributed by atoms with E-state index in [0.29, 0.717) is 11.3 Å². The number of hydrogen-bond donors (Lipinski definition) is 1. The Morgan fingerprint density at radius 2 is 1.92 bits per heavy atom. The van der Waals surface area contributed by atoms with Gasteiger partial charge in [0.2, 0.25) is 28.5 Å². The van der Waals surface area contributed by atoms with Gasteiger partial charge in [-0.2, -0.15) is 0 Å². The van der Waals surface area contributed by atoms with Crippen molar-refractivity contribution < 1.29 is 22.7 Å². The number of carbonyl (C=O) groups is 1. The largest absolute Gasteiger partial charge is 0.497 e. The molecule has 2 aromatic carbocycles. The van der Waals surface area contributed by atoms with Crippen LogP contribution >= 0.6 is 0 Å². The number of ether oxygens (including phenoxy) is 2. The van der Waals surface area contributed by atoms with E-state index in [1.807, 2.05) is 30.3 Å². The summed E-state index contributed by atoms with van der Waals surface area (Å²) in [5.74, 6) is -0.0997. The molecule has 0 aromatic heterocycles.